The van der Waals surface area contributed by atoms with Crippen LogP contribution in [0.4, 0.5) is 0 Å². The molecule has 1 aromatic heterocycles. The molecular weight excluding hydrogens is 240 g/mol. The van der Waals surface area contributed by atoms with Crippen molar-refractivity contribution >= 4 is 11.0 Å². The topological polar surface area (TPSA) is 77.9 Å². The Labute approximate surface area is 111 Å². The van der Waals surface area contributed by atoms with Crippen LogP contribution < -0.4 is 11.4 Å². The summed E-state index contributed by atoms with van der Waals surface area (Å²) in [5.41, 5.74) is 8.61. The molecule has 0 radical (unpaired) electrons. The van der Waals surface area contributed by atoms with Crippen LogP contribution in [0.2, 0.25) is 0 Å². The highest BCUT2D eigenvalue weighted by Crippen LogP contribution is 2.26. The van der Waals surface area contributed by atoms with Crippen LogP contribution in [0.5, 0.6) is 0 Å². The van der Waals surface area contributed by atoms with E-state index in [0.29, 0.717) is 6.04 Å². The van der Waals surface area contributed by atoms with E-state index in [2.05, 4.69) is 28.0 Å². The second-order valence-electron chi connectivity index (χ2n) is 5.75. The number of nitrogens with zero attached hydrogens (tertiary/aromatic N) is 1. The Morgan fingerprint density at radius 3 is 2.79 bits per heavy atom. The standard InChI is InChI=1S/C14H20N4O/c1-18(8-10-4-11(15)5-10)7-9-2-3-12-13(6-9)17-14(19)16-12/h2-3,6,10-11H,4-5,7-8,15H2,1H3,(H2,16,17,19). The first-order chi connectivity index (χ1) is 9.10. The van der Waals surface area contributed by atoms with Crippen molar-refractivity contribution in [3.63, 3.8) is 0 Å². The van der Waals surface area contributed by atoms with Gasteiger partial charge in [0.25, 0.3) is 0 Å². The minimum atomic E-state index is -0.149. The molecule has 5 nitrogen and oxygen atoms in total. The lowest BCUT2D eigenvalue weighted by molar-refractivity contribution is 0.178. The van der Waals surface area contributed by atoms with Gasteiger partial charge in [0.2, 0.25) is 0 Å². The van der Waals surface area contributed by atoms with Crippen molar-refractivity contribution in [2.75, 3.05) is 13.6 Å². The van der Waals surface area contributed by atoms with Crippen LogP contribution in [0.25, 0.3) is 11.0 Å². The van der Waals surface area contributed by atoms with Gasteiger partial charge in [0.15, 0.2) is 0 Å². The van der Waals surface area contributed by atoms with Gasteiger partial charge in [0, 0.05) is 19.1 Å². The molecule has 0 atom stereocenters. The summed E-state index contributed by atoms with van der Waals surface area (Å²) in [5.74, 6) is 0.746. The van der Waals surface area contributed by atoms with Crippen LogP contribution in [0.15, 0.2) is 23.0 Å². The molecule has 1 aromatic carbocycles. The second kappa shape index (κ2) is 4.83. The predicted octanol–water partition coefficient (Wildman–Crippen LogP) is 1.03. The largest absolute Gasteiger partial charge is 0.328 e. The Balaban J connectivity index is 1.65. The smallest absolute Gasteiger partial charge is 0.323 e. The van der Waals surface area contributed by atoms with E-state index in [4.69, 9.17) is 5.73 Å². The van der Waals surface area contributed by atoms with Gasteiger partial charge < -0.3 is 20.6 Å². The molecule has 0 bridgehead atoms. The van der Waals surface area contributed by atoms with Gasteiger partial charge in [-0.3, -0.25) is 0 Å². The van der Waals surface area contributed by atoms with Gasteiger partial charge in [-0.15, -0.1) is 0 Å². The molecule has 1 aliphatic rings. The molecule has 4 N–H and O–H groups in total. The number of nitrogens with one attached hydrogen (secondary N) is 2. The van der Waals surface area contributed by atoms with Gasteiger partial charge in [0.05, 0.1) is 11.0 Å². The van der Waals surface area contributed by atoms with E-state index in [1.807, 2.05) is 12.1 Å². The summed E-state index contributed by atoms with van der Waals surface area (Å²) in [6, 6.07) is 6.47. The third kappa shape index (κ3) is 2.72. The monoisotopic (exact) mass is 260 g/mol. The van der Waals surface area contributed by atoms with E-state index in [0.717, 1.165) is 42.9 Å². The number of aromatic nitrogens is 2. The number of nitrogens with two attached hydrogens (primary N) is 1. The molecule has 1 fully saturated rings. The lowest BCUT2D eigenvalue weighted by Crippen LogP contribution is -2.41. The van der Waals surface area contributed by atoms with Gasteiger partial charge in [-0.25, -0.2) is 4.79 Å². The van der Waals surface area contributed by atoms with Crippen LogP contribution in [0, 0.1) is 5.92 Å². The molecule has 0 aliphatic heterocycles. The molecule has 2 aromatic rings. The normalized spacial score (nSPS) is 22.9. The number of aromatic amines is 2. The third-order valence-electron chi connectivity index (χ3n) is 3.87. The maximum absolute atomic E-state index is 11.2. The van der Waals surface area contributed by atoms with Crippen molar-refractivity contribution in [2.24, 2.45) is 11.7 Å². The van der Waals surface area contributed by atoms with Crippen molar-refractivity contribution in [3.8, 4) is 0 Å². The van der Waals surface area contributed by atoms with Crippen LogP contribution in [0.1, 0.15) is 18.4 Å². The Hall–Kier alpha value is -1.59. The molecule has 5 heteroatoms. The highest BCUT2D eigenvalue weighted by atomic mass is 16.1. The Morgan fingerprint density at radius 2 is 2.05 bits per heavy atom. The van der Waals surface area contributed by atoms with Crippen LogP contribution in [0.3, 0.4) is 0 Å². The molecule has 0 saturated heterocycles. The summed E-state index contributed by atoms with van der Waals surface area (Å²) < 4.78 is 0. The molecule has 1 aliphatic carbocycles. The zero-order valence-electron chi connectivity index (χ0n) is 11.1. The molecule has 3 rings (SSSR count). The summed E-state index contributed by atoms with van der Waals surface area (Å²) in [7, 11) is 2.13. The first-order valence-electron chi connectivity index (χ1n) is 6.75. The zero-order valence-corrected chi connectivity index (χ0v) is 11.1. The van der Waals surface area contributed by atoms with Gasteiger partial charge in [-0.2, -0.15) is 0 Å². The number of fused-ring (bicyclic) bond motifs is 1. The highest BCUT2D eigenvalue weighted by molar-refractivity contribution is 5.74. The summed E-state index contributed by atoms with van der Waals surface area (Å²) in [6.45, 7) is 1.99. The molecule has 102 valence electrons. The predicted molar refractivity (Wildman–Crippen MR) is 76.0 cm³/mol. The van der Waals surface area contributed by atoms with Crippen molar-refractivity contribution in [2.45, 2.75) is 25.4 Å². The van der Waals surface area contributed by atoms with Crippen molar-refractivity contribution in [1.82, 2.24) is 14.9 Å². The summed E-state index contributed by atoms with van der Waals surface area (Å²) >= 11 is 0. The third-order valence-corrected chi connectivity index (χ3v) is 3.87. The van der Waals surface area contributed by atoms with E-state index in [-0.39, 0.29) is 5.69 Å². The van der Waals surface area contributed by atoms with E-state index < -0.39 is 0 Å². The van der Waals surface area contributed by atoms with Crippen molar-refractivity contribution in [3.05, 3.63) is 34.2 Å². The van der Waals surface area contributed by atoms with Crippen LogP contribution in [-0.4, -0.2) is 34.5 Å². The first-order valence-corrected chi connectivity index (χ1v) is 6.75. The number of hydrogen-bond acceptors (Lipinski definition) is 3. The maximum Gasteiger partial charge on any atom is 0.323 e. The Bertz CT molecular complexity index is 624. The highest BCUT2D eigenvalue weighted by Gasteiger charge is 2.26. The minimum Gasteiger partial charge on any atom is -0.328 e. The molecule has 1 heterocycles. The Morgan fingerprint density at radius 1 is 1.32 bits per heavy atom. The average Bonchev–Trinajstić information content (AvgIpc) is 2.66. The van der Waals surface area contributed by atoms with E-state index in [1.54, 1.807) is 0 Å². The molecule has 0 unspecified atom stereocenters. The first kappa shape index (κ1) is 12.4. The number of imidazole rings is 1. The van der Waals surface area contributed by atoms with Crippen LogP contribution in [-0.2, 0) is 6.54 Å². The van der Waals surface area contributed by atoms with Gasteiger partial charge in [-0.1, -0.05) is 6.07 Å². The van der Waals surface area contributed by atoms with Gasteiger partial charge in [0.1, 0.15) is 0 Å². The molecule has 19 heavy (non-hydrogen) atoms. The quantitative estimate of drug-likeness (QED) is 0.768. The van der Waals surface area contributed by atoms with Crippen molar-refractivity contribution in [1.29, 1.82) is 0 Å². The SMILES string of the molecule is CN(Cc1ccc2[nH]c(=O)[nH]c2c1)CC1CC(N)C1. The van der Waals surface area contributed by atoms with E-state index in [9.17, 15) is 4.79 Å². The van der Waals surface area contributed by atoms with Gasteiger partial charge in [-0.05, 0) is 43.5 Å². The molecule has 0 spiro atoms. The molecule has 0 amide bonds. The van der Waals surface area contributed by atoms with Crippen LogP contribution >= 0.6 is 0 Å². The Kier molecular flexibility index (Phi) is 3.16. The van der Waals surface area contributed by atoms with Crippen molar-refractivity contribution < 1.29 is 0 Å². The number of H-pyrrole nitrogens is 2. The fraction of sp³-hybridized carbons (Fsp3) is 0.500. The maximum atomic E-state index is 11.2. The number of benzene rings is 1. The van der Waals surface area contributed by atoms with E-state index in [1.165, 1.54) is 5.56 Å². The fourth-order valence-corrected chi connectivity index (χ4v) is 2.93. The molecular formula is C14H20N4O. The summed E-state index contributed by atoms with van der Waals surface area (Å²) in [4.78, 5) is 19.1. The zero-order chi connectivity index (χ0) is 13.4. The average molecular weight is 260 g/mol. The lowest BCUT2D eigenvalue weighted by Gasteiger charge is -2.35. The summed E-state index contributed by atoms with van der Waals surface area (Å²) in [5, 5.41) is 0. The lowest BCUT2D eigenvalue weighted by atomic mass is 9.80. The summed E-state index contributed by atoms with van der Waals surface area (Å²) in [6.07, 6.45) is 2.29. The minimum absolute atomic E-state index is 0.149. The fourth-order valence-electron chi connectivity index (χ4n) is 2.93. The number of rotatable bonds is 4. The van der Waals surface area contributed by atoms with E-state index >= 15 is 0 Å². The second-order valence-corrected chi connectivity index (χ2v) is 5.75. The van der Waals surface area contributed by atoms with Gasteiger partial charge >= 0.3 is 5.69 Å². The number of hydrogen-bond donors (Lipinski definition) is 3. The molecule has 1 saturated carbocycles.